The van der Waals surface area contributed by atoms with E-state index < -0.39 is 59.7 Å². The lowest BCUT2D eigenvalue weighted by molar-refractivity contribution is -0.152. The molecule has 0 aliphatic carbocycles. The van der Waals surface area contributed by atoms with Gasteiger partial charge in [-0.25, -0.2) is 37.9 Å². The van der Waals surface area contributed by atoms with Gasteiger partial charge in [0.05, 0.1) is 46.1 Å². The number of aliphatic hydroxyl groups is 1. The zero-order chi connectivity index (χ0) is 51.4. The normalized spacial score (nSPS) is 11.3. The summed E-state index contributed by atoms with van der Waals surface area (Å²) < 4.78 is 24.1. The third-order valence-corrected chi connectivity index (χ3v) is 10.4. The van der Waals surface area contributed by atoms with E-state index in [1.165, 1.54) is 9.13 Å². The number of aliphatic hydroxyl groups excluding tert-OH is 1. The van der Waals surface area contributed by atoms with Crippen molar-refractivity contribution in [1.29, 1.82) is 0 Å². The number of halogens is 2. The first-order valence-corrected chi connectivity index (χ1v) is 22.3. The highest BCUT2D eigenvalue weighted by Crippen LogP contribution is 2.26. The van der Waals surface area contributed by atoms with Crippen LogP contribution in [0.15, 0.2) is 104 Å². The number of nitrogens with one attached hydrogen (secondary N) is 2. The Labute approximate surface area is 411 Å². The molecular formula is C48H52Cl2N8O12. The third kappa shape index (κ3) is 14.2. The molecule has 4 aromatic carbocycles. The molecule has 2 heterocycles. The van der Waals surface area contributed by atoms with Crippen LogP contribution in [0.3, 0.4) is 0 Å². The molecule has 0 spiro atoms. The summed E-state index contributed by atoms with van der Waals surface area (Å²) in [6, 6.07) is 24.2. The molecule has 2 aromatic heterocycles. The van der Waals surface area contributed by atoms with Crippen LogP contribution in [0.1, 0.15) is 49.9 Å². The average Bonchev–Trinajstić information content (AvgIpc) is 3.31. The molecule has 0 aliphatic rings. The fraction of sp³-hybridized carbons (Fsp3) is 0.312. The summed E-state index contributed by atoms with van der Waals surface area (Å²) in [6.45, 7) is 10.1. The number of Topliss-reactive ketones (excluding diaryl/α,β-unsaturated/α-hetero) is 1. The van der Waals surface area contributed by atoms with E-state index in [1.54, 1.807) is 78.9 Å². The van der Waals surface area contributed by atoms with Crippen LogP contribution >= 0.6 is 23.2 Å². The van der Waals surface area contributed by atoms with Crippen molar-refractivity contribution in [3.8, 4) is 11.5 Å². The number of nitrogens with zero attached hydrogens (tertiary/aromatic N) is 6. The standard InChI is InChI=1S/C24H27ClN4O6.C24H25ClN4O6/c2*1-14(2)35-20-10-9-18(11-15(20)3)26-22-27-23(32)29(13-19(30)21(31)34-4)24(33)28(22)12-16-5-7-17(25)8-6-16/h5-11,14,19,30H,12-13H2,1-4H3,(H,26,27,32);5-11,14H,12-13H2,1-4H3,(H,26,27,32)/t19-;/m0./s1. The Balaban J connectivity index is 0.000000261. The van der Waals surface area contributed by atoms with Crippen molar-refractivity contribution < 1.29 is 38.4 Å². The van der Waals surface area contributed by atoms with Gasteiger partial charge in [-0.2, -0.15) is 9.97 Å². The molecule has 70 heavy (non-hydrogen) atoms. The van der Waals surface area contributed by atoms with Crippen LogP contribution in [0.4, 0.5) is 23.3 Å². The Morgan fingerprint density at radius 3 is 1.41 bits per heavy atom. The minimum absolute atomic E-state index is 0.000905. The quantitative estimate of drug-likeness (QED) is 0.0743. The summed E-state index contributed by atoms with van der Waals surface area (Å²) in [5, 5.41) is 17.1. The molecule has 0 aliphatic heterocycles. The zero-order valence-corrected chi connectivity index (χ0v) is 41.0. The topological polar surface area (TPSA) is 246 Å². The van der Waals surface area contributed by atoms with Gasteiger partial charge in [-0.05, 0) is 124 Å². The van der Waals surface area contributed by atoms with Crippen molar-refractivity contribution in [2.75, 3.05) is 24.9 Å². The van der Waals surface area contributed by atoms with Crippen molar-refractivity contribution in [1.82, 2.24) is 28.2 Å². The molecule has 0 saturated carbocycles. The Morgan fingerprint density at radius 2 is 1.03 bits per heavy atom. The number of aromatic nitrogens is 6. The summed E-state index contributed by atoms with van der Waals surface area (Å²) in [5.74, 6) is -1.81. The van der Waals surface area contributed by atoms with E-state index in [-0.39, 0.29) is 37.2 Å². The number of ketones is 1. The Hall–Kier alpha value is -7.55. The van der Waals surface area contributed by atoms with Crippen LogP contribution in [0.5, 0.6) is 11.5 Å². The van der Waals surface area contributed by atoms with Gasteiger partial charge in [0.1, 0.15) is 18.0 Å². The molecule has 22 heteroatoms. The molecular weight excluding hydrogens is 951 g/mol. The Morgan fingerprint density at radius 1 is 0.614 bits per heavy atom. The van der Waals surface area contributed by atoms with E-state index in [0.29, 0.717) is 47.6 Å². The maximum atomic E-state index is 13.3. The van der Waals surface area contributed by atoms with Gasteiger partial charge < -0.3 is 34.7 Å². The van der Waals surface area contributed by atoms with Gasteiger partial charge in [-0.1, -0.05) is 47.5 Å². The minimum Gasteiger partial charge on any atom is -0.491 e. The van der Waals surface area contributed by atoms with E-state index in [2.05, 4.69) is 30.1 Å². The van der Waals surface area contributed by atoms with E-state index >= 15 is 0 Å². The number of ether oxygens (including phenoxy) is 4. The number of aryl methyl sites for hydroxylation is 2. The first kappa shape index (κ1) is 53.4. The van der Waals surface area contributed by atoms with Crippen LogP contribution in [0, 0.1) is 13.8 Å². The largest absolute Gasteiger partial charge is 0.491 e. The lowest BCUT2D eigenvalue weighted by Gasteiger charge is -2.18. The molecule has 370 valence electrons. The molecule has 0 unspecified atom stereocenters. The van der Waals surface area contributed by atoms with Gasteiger partial charge >= 0.3 is 34.7 Å². The predicted octanol–water partition coefficient (Wildman–Crippen LogP) is 5.17. The monoisotopic (exact) mass is 1000 g/mol. The van der Waals surface area contributed by atoms with Gasteiger partial charge in [-0.15, -0.1) is 0 Å². The molecule has 0 fully saturated rings. The smallest absolute Gasteiger partial charge is 0.376 e. The van der Waals surface area contributed by atoms with Crippen LogP contribution < -0.4 is 42.9 Å². The van der Waals surface area contributed by atoms with Crippen LogP contribution in [-0.2, 0) is 50.0 Å². The lowest BCUT2D eigenvalue weighted by Crippen LogP contribution is -2.46. The molecule has 3 N–H and O–H groups in total. The minimum atomic E-state index is -1.70. The molecule has 0 saturated heterocycles. The maximum Gasteiger partial charge on any atom is 0.376 e. The lowest BCUT2D eigenvalue weighted by atomic mass is 10.2. The number of benzene rings is 4. The fourth-order valence-electron chi connectivity index (χ4n) is 6.56. The van der Waals surface area contributed by atoms with E-state index in [9.17, 15) is 38.7 Å². The molecule has 0 radical (unpaired) electrons. The van der Waals surface area contributed by atoms with Crippen molar-refractivity contribution in [3.05, 3.63) is 159 Å². The summed E-state index contributed by atoms with van der Waals surface area (Å²) in [4.78, 5) is 95.1. The summed E-state index contributed by atoms with van der Waals surface area (Å²) in [7, 11) is 2.13. The van der Waals surface area contributed by atoms with Crippen LogP contribution in [-0.4, -0.2) is 83.6 Å². The number of hydrogen-bond acceptors (Lipinski definition) is 16. The SMILES string of the molecule is COC(=O)C(=O)Cn1c(=O)nc(Nc2ccc(OC(C)C)c(C)c2)n(Cc2ccc(Cl)cc2)c1=O.COC(=O)[C@@H](O)Cn1c(=O)nc(Nc2ccc(OC(C)C)c(C)c2)n(Cc2ccc(Cl)cc2)c1=O. The van der Waals surface area contributed by atoms with Gasteiger partial charge in [0.25, 0.3) is 5.78 Å². The molecule has 6 aromatic rings. The number of anilines is 4. The zero-order valence-electron chi connectivity index (χ0n) is 39.5. The highest BCUT2D eigenvalue weighted by atomic mass is 35.5. The number of methoxy groups -OCH3 is 2. The third-order valence-electron chi connectivity index (χ3n) is 9.94. The van der Waals surface area contributed by atoms with Gasteiger partial charge in [-0.3, -0.25) is 13.9 Å². The van der Waals surface area contributed by atoms with Gasteiger partial charge in [0, 0.05) is 21.4 Å². The second-order valence-electron chi connectivity index (χ2n) is 16.1. The van der Waals surface area contributed by atoms with Crippen molar-refractivity contribution in [3.63, 3.8) is 0 Å². The molecule has 6 rings (SSSR count). The summed E-state index contributed by atoms with van der Waals surface area (Å²) >= 11 is 11.9. The molecule has 1 atom stereocenters. The highest BCUT2D eigenvalue weighted by molar-refractivity contribution is 6.33. The van der Waals surface area contributed by atoms with Crippen molar-refractivity contribution in [2.45, 2.75) is 86.0 Å². The van der Waals surface area contributed by atoms with Gasteiger partial charge in [0.2, 0.25) is 11.9 Å². The Kier molecular flexibility index (Phi) is 18.4. The molecule has 20 nitrogen and oxygen atoms in total. The molecule has 0 amide bonds. The van der Waals surface area contributed by atoms with Crippen LogP contribution in [0.2, 0.25) is 10.0 Å². The first-order chi connectivity index (χ1) is 33.2. The van der Waals surface area contributed by atoms with E-state index in [4.69, 9.17) is 32.7 Å². The van der Waals surface area contributed by atoms with Gasteiger partial charge in [0.15, 0.2) is 6.10 Å². The predicted molar refractivity (Wildman–Crippen MR) is 262 cm³/mol. The molecule has 0 bridgehead atoms. The van der Waals surface area contributed by atoms with E-state index in [1.807, 2.05) is 47.6 Å². The Bertz CT molecular complexity index is 3090. The number of carbonyl (C=O) groups excluding carboxylic acids is 3. The van der Waals surface area contributed by atoms with Crippen molar-refractivity contribution >= 4 is 64.2 Å². The second-order valence-corrected chi connectivity index (χ2v) is 17.0. The summed E-state index contributed by atoms with van der Waals surface area (Å²) in [5.41, 5.74) is 0.762. The number of hydrogen-bond donors (Lipinski definition) is 3. The average molecular weight is 1000 g/mol. The second kappa shape index (κ2) is 24.1. The highest BCUT2D eigenvalue weighted by Gasteiger charge is 2.23. The number of esters is 2. The fourth-order valence-corrected chi connectivity index (χ4v) is 6.81. The van der Waals surface area contributed by atoms with E-state index in [0.717, 1.165) is 30.9 Å². The summed E-state index contributed by atoms with van der Waals surface area (Å²) in [6.07, 6.45) is -1.70. The number of carbonyl (C=O) groups is 3. The maximum absolute atomic E-state index is 13.3. The van der Waals surface area contributed by atoms with Crippen LogP contribution in [0.25, 0.3) is 0 Å². The first-order valence-electron chi connectivity index (χ1n) is 21.6. The number of rotatable bonds is 18. The van der Waals surface area contributed by atoms with Crippen molar-refractivity contribution in [2.24, 2.45) is 0 Å².